The molecule has 0 bridgehead atoms. The zero-order valence-electron chi connectivity index (χ0n) is 8.88. The first-order chi connectivity index (χ1) is 8.06. The standard InChI is InChI=1S/C12H8Br2FNO/c1-7-4-12(16-6-10(7)14)17-8-2-3-9(13)11(15)5-8/h2-6H,1H3. The summed E-state index contributed by atoms with van der Waals surface area (Å²) in [6.45, 7) is 1.93. The minimum atomic E-state index is -0.365. The van der Waals surface area contributed by atoms with Crippen LogP contribution >= 0.6 is 31.9 Å². The molecular weight excluding hydrogens is 353 g/mol. The van der Waals surface area contributed by atoms with Crippen molar-refractivity contribution < 1.29 is 9.13 Å². The fraction of sp³-hybridized carbons (Fsp3) is 0.0833. The first-order valence-electron chi connectivity index (χ1n) is 4.81. The van der Waals surface area contributed by atoms with E-state index < -0.39 is 0 Å². The third-order valence-electron chi connectivity index (χ3n) is 2.14. The van der Waals surface area contributed by atoms with Gasteiger partial charge in [0, 0.05) is 22.8 Å². The fourth-order valence-corrected chi connectivity index (χ4v) is 1.69. The summed E-state index contributed by atoms with van der Waals surface area (Å²) in [5.74, 6) is 0.490. The van der Waals surface area contributed by atoms with Crippen LogP contribution in [0.25, 0.3) is 0 Å². The van der Waals surface area contributed by atoms with E-state index in [9.17, 15) is 4.39 Å². The summed E-state index contributed by atoms with van der Waals surface area (Å²) in [4.78, 5) is 4.08. The van der Waals surface area contributed by atoms with Crippen LogP contribution in [0.1, 0.15) is 5.56 Å². The number of aromatic nitrogens is 1. The Morgan fingerprint density at radius 2 is 1.94 bits per heavy atom. The van der Waals surface area contributed by atoms with Crippen LogP contribution < -0.4 is 4.74 Å². The third kappa shape index (κ3) is 3.04. The van der Waals surface area contributed by atoms with Crippen LogP contribution in [-0.2, 0) is 0 Å². The lowest BCUT2D eigenvalue weighted by Crippen LogP contribution is -1.90. The molecule has 5 heteroatoms. The first-order valence-corrected chi connectivity index (χ1v) is 6.40. The number of hydrogen-bond acceptors (Lipinski definition) is 2. The molecule has 0 fully saturated rings. The number of halogens is 3. The Labute approximate surface area is 115 Å². The Morgan fingerprint density at radius 3 is 2.59 bits per heavy atom. The molecule has 0 spiro atoms. The van der Waals surface area contributed by atoms with E-state index in [4.69, 9.17) is 4.74 Å². The predicted molar refractivity (Wildman–Crippen MR) is 70.8 cm³/mol. The Hall–Kier alpha value is -0.940. The van der Waals surface area contributed by atoms with Crippen LogP contribution in [0.4, 0.5) is 4.39 Å². The van der Waals surface area contributed by atoms with Gasteiger partial charge in [0.15, 0.2) is 0 Å². The summed E-state index contributed by atoms with van der Waals surface area (Å²) in [5.41, 5.74) is 1.01. The highest BCUT2D eigenvalue weighted by atomic mass is 79.9. The van der Waals surface area contributed by atoms with E-state index in [0.717, 1.165) is 10.0 Å². The van der Waals surface area contributed by atoms with Crippen LogP contribution in [0.2, 0.25) is 0 Å². The second-order valence-electron chi connectivity index (χ2n) is 3.45. The molecule has 0 radical (unpaired) electrons. The van der Waals surface area contributed by atoms with Gasteiger partial charge in [0.25, 0.3) is 0 Å². The predicted octanol–water partition coefficient (Wildman–Crippen LogP) is 4.85. The molecule has 0 atom stereocenters. The average Bonchev–Trinajstić information content (AvgIpc) is 2.29. The molecule has 1 aromatic heterocycles. The largest absolute Gasteiger partial charge is 0.439 e. The van der Waals surface area contributed by atoms with E-state index in [1.165, 1.54) is 6.07 Å². The van der Waals surface area contributed by atoms with Crippen molar-refractivity contribution in [3.63, 3.8) is 0 Å². The lowest BCUT2D eigenvalue weighted by molar-refractivity contribution is 0.457. The number of pyridine rings is 1. The molecule has 0 aliphatic heterocycles. The zero-order chi connectivity index (χ0) is 12.4. The Kier molecular flexibility index (Phi) is 3.79. The molecule has 88 valence electrons. The molecule has 2 nitrogen and oxygen atoms in total. The molecule has 0 N–H and O–H groups in total. The molecule has 0 unspecified atom stereocenters. The van der Waals surface area contributed by atoms with Crippen molar-refractivity contribution in [1.82, 2.24) is 4.98 Å². The maximum absolute atomic E-state index is 13.3. The maximum atomic E-state index is 13.3. The van der Waals surface area contributed by atoms with Crippen molar-refractivity contribution in [2.75, 3.05) is 0 Å². The summed E-state index contributed by atoms with van der Waals surface area (Å²) in [6, 6.07) is 6.36. The van der Waals surface area contributed by atoms with Crippen molar-refractivity contribution in [1.29, 1.82) is 0 Å². The molecule has 0 saturated heterocycles. The Bertz CT molecular complexity index is 511. The topological polar surface area (TPSA) is 22.1 Å². The molecular formula is C12H8Br2FNO. The summed E-state index contributed by atoms with van der Waals surface area (Å²) in [6.07, 6.45) is 1.65. The fourth-order valence-electron chi connectivity index (χ4n) is 1.23. The van der Waals surface area contributed by atoms with Gasteiger partial charge >= 0.3 is 0 Å². The van der Waals surface area contributed by atoms with Gasteiger partial charge in [-0.15, -0.1) is 0 Å². The van der Waals surface area contributed by atoms with Gasteiger partial charge in [-0.05, 0) is 56.5 Å². The highest BCUT2D eigenvalue weighted by Crippen LogP contribution is 2.26. The monoisotopic (exact) mass is 359 g/mol. The normalized spacial score (nSPS) is 10.4. The second-order valence-corrected chi connectivity index (χ2v) is 5.16. The third-order valence-corrected chi connectivity index (χ3v) is 3.61. The van der Waals surface area contributed by atoms with Crippen LogP contribution in [0.5, 0.6) is 11.6 Å². The molecule has 0 aliphatic carbocycles. The van der Waals surface area contributed by atoms with Crippen molar-refractivity contribution in [2.45, 2.75) is 6.92 Å². The smallest absolute Gasteiger partial charge is 0.219 e. The van der Waals surface area contributed by atoms with E-state index in [1.54, 1.807) is 24.4 Å². The first kappa shape index (κ1) is 12.5. The lowest BCUT2D eigenvalue weighted by atomic mass is 10.3. The molecule has 2 aromatic rings. The summed E-state index contributed by atoms with van der Waals surface area (Å²) in [5, 5.41) is 0. The minimum absolute atomic E-state index is 0.365. The van der Waals surface area contributed by atoms with E-state index >= 15 is 0 Å². The van der Waals surface area contributed by atoms with Crippen molar-refractivity contribution >= 4 is 31.9 Å². The number of ether oxygens (including phenoxy) is 1. The van der Waals surface area contributed by atoms with E-state index in [2.05, 4.69) is 36.8 Å². The molecule has 1 heterocycles. The molecule has 0 saturated carbocycles. The van der Waals surface area contributed by atoms with Gasteiger partial charge in [-0.3, -0.25) is 0 Å². The summed E-state index contributed by atoms with van der Waals surface area (Å²) < 4.78 is 20.0. The summed E-state index contributed by atoms with van der Waals surface area (Å²) >= 11 is 6.44. The van der Waals surface area contributed by atoms with Gasteiger partial charge in [-0.1, -0.05) is 0 Å². The highest BCUT2D eigenvalue weighted by Gasteiger charge is 2.04. The van der Waals surface area contributed by atoms with Gasteiger partial charge in [-0.2, -0.15) is 0 Å². The molecule has 1 aromatic carbocycles. The second kappa shape index (κ2) is 5.14. The van der Waals surface area contributed by atoms with Gasteiger partial charge < -0.3 is 4.74 Å². The van der Waals surface area contributed by atoms with Crippen LogP contribution in [0, 0.1) is 12.7 Å². The number of hydrogen-bond donors (Lipinski definition) is 0. The van der Waals surface area contributed by atoms with E-state index in [-0.39, 0.29) is 5.82 Å². The Balaban J connectivity index is 2.25. The number of aryl methyl sites for hydroxylation is 1. The minimum Gasteiger partial charge on any atom is -0.439 e. The maximum Gasteiger partial charge on any atom is 0.219 e. The van der Waals surface area contributed by atoms with E-state index in [0.29, 0.717) is 16.1 Å². The number of rotatable bonds is 2. The number of nitrogens with zero attached hydrogens (tertiary/aromatic N) is 1. The average molecular weight is 361 g/mol. The quantitative estimate of drug-likeness (QED) is 0.763. The van der Waals surface area contributed by atoms with Crippen molar-refractivity contribution in [3.8, 4) is 11.6 Å². The molecule has 17 heavy (non-hydrogen) atoms. The molecule has 2 rings (SSSR count). The van der Waals surface area contributed by atoms with Gasteiger partial charge in [0.05, 0.1) is 4.47 Å². The Morgan fingerprint density at radius 1 is 1.18 bits per heavy atom. The zero-order valence-corrected chi connectivity index (χ0v) is 12.0. The SMILES string of the molecule is Cc1cc(Oc2ccc(Br)c(F)c2)ncc1Br. The van der Waals surface area contributed by atoms with Crippen molar-refractivity contribution in [2.24, 2.45) is 0 Å². The van der Waals surface area contributed by atoms with Gasteiger partial charge in [0.1, 0.15) is 11.6 Å². The highest BCUT2D eigenvalue weighted by molar-refractivity contribution is 9.10. The van der Waals surface area contributed by atoms with Gasteiger partial charge in [-0.25, -0.2) is 9.37 Å². The van der Waals surface area contributed by atoms with Crippen LogP contribution in [0.3, 0.4) is 0 Å². The van der Waals surface area contributed by atoms with Crippen LogP contribution in [0.15, 0.2) is 39.4 Å². The van der Waals surface area contributed by atoms with Crippen molar-refractivity contribution in [3.05, 3.63) is 50.8 Å². The summed E-state index contributed by atoms with van der Waals surface area (Å²) in [7, 11) is 0. The lowest BCUT2D eigenvalue weighted by Gasteiger charge is -2.06. The number of benzene rings is 1. The van der Waals surface area contributed by atoms with E-state index in [1.807, 2.05) is 6.92 Å². The molecule has 0 aliphatic rings. The molecule has 0 amide bonds. The van der Waals surface area contributed by atoms with Gasteiger partial charge in [0.2, 0.25) is 5.88 Å². The van der Waals surface area contributed by atoms with Crippen LogP contribution in [-0.4, -0.2) is 4.98 Å².